The smallest absolute Gasteiger partial charge is 0.359 e. The van der Waals surface area contributed by atoms with Gasteiger partial charge in [-0.1, -0.05) is 6.07 Å². The van der Waals surface area contributed by atoms with Crippen LogP contribution >= 0.6 is 7.60 Å². The van der Waals surface area contributed by atoms with Crippen molar-refractivity contribution in [1.29, 1.82) is 0 Å². The third-order valence-corrected chi connectivity index (χ3v) is 6.19. The maximum atomic E-state index is 14.3. The third kappa shape index (κ3) is 2.72. The fourth-order valence-electron chi connectivity index (χ4n) is 3.78. The molecule has 0 fully saturated rings. The number of halogens is 1. The van der Waals surface area contributed by atoms with E-state index in [0.29, 0.717) is 39.0 Å². The Morgan fingerprint density at radius 2 is 2.07 bits per heavy atom. The first-order valence-electron chi connectivity index (χ1n) is 8.93. The zero-order valence-electron chi connectivity index (χ0n) is 15.5. The van der Waals surface area contributed by atoms with Gasteiger partial charge in [0.1, 0.15) is 11.3 Å². The normalized spacial score (nSPS) is 14.5. The Balaban J connectivity index is 1.73. The number of imidazole rings is 1. The molecule has 1 aliphatic rings. The molecule has 2 aromatic carbocycles. The van der Waals surface area contributed by atoms with Crippen LogP contribution in [0.25, 0.3) is 21.9 Å². The van der Waals surface area contributed by atoms with E-state index in [9.17, 15) is 23.5 Å². The molecule has 0 amide bonds. The number of nitrogens with one attached hydrogen (secondary N) is 1. The van der Waals surface area contributed by atoms with Gasteiger partial charge in [-0.2, -0.15) is 0 Å². The van der Waals surface area contributed by atoms with Crippen molar-refractivity contribution < 1.29 is 28.2 Å². The zero-order valence-corrected chi connectivity index (χ0v) is 16.4. The fourth-order valence-corrected chi connectivity index (χ4v) is 4.39. The summed E-state index contributed by atoms with van der Waals surface area (Å²) in [7, 11) is -4.74. The maximum Gasteiger partial charge on any atom is 0.359 e. The van der Waals surface area contributed by atoms with Crippen LogP contribution in [0.5, 0.6) is 11.5 Å². The standard InChI is InChI=1S/C19H15FN3O6P/c1-9(10-2-5-15(12(20)6-10)30(25,26)27)23-17-11-3-4-14-18(29-8-28-14)16(11)21-7-13(17)22-19(23)24/h2-7,9H,8H2,1H3,(H,22,24)(H2,25,26,27). The van der Waals surface area contributed by atoms with Gasteiger partial charge in [-0.05, 0) is 36.8 Å². The highest BCUT2D eigenvalue weighted by atomic mass is 31.2. The van der Waals surface area contributed by atoms with Gasteiger partial charge in [0.15, 0.2) is 11.5 Å². The molecule has 0 saturated heterocycles. The number of nitrogens with zero attached hydrogens (tertiary/aromatic N) is 2. The Labute approximate surface area is 167 Å². The second kappa shape index (κ2) is 6.40. The Hall–Kier alpha value is -3.20. The lowest BCUT2D eigenvalue weighted by molar-refractivity contribution is 0.174. The Kier molecular flexibility index (Phi) is 4.01. The lowest BCUT2D eigenvalue weighted by Gasteiger charge is -2.16. The molecule has 30 heavy (non-hydrogen) atoms. The molecular formula is C19H15FN3O6P. The van der Waals surface area contributed by atoms with Crippen molar-refractivity contribution in [2.24, 2.45) is 0 Å². The van der Waals surface area contributed by atoms with Gasteiger partial charge in [0.2, 0.25) is 6.79 Å². The van der Waals surface area contributed by atoms with E-state index in [2.05, 4.69) is 9.97 Å². The molecule has 0 bridgehead atoms. The Bertz CT molecular complexity index is 1440. The summed E-state index contributed by atoms with van der Waals surface area (Å²) in [5, 5.41) is -0.0404. The molecule has 0 saturated carbocycles. The first kappa shape index (κ1) is 18.8. The van der Waals surface area contributed by atoms with Crippen LogP contribution in [0.15, 0.2) is 41.3 Å². The van der Waals surface area contributed by atoms with Crippen LogP contribution in [0.4, 0.5) is 4.39 Å². The first-order chi connectivity index (χ1) is 14.3. The van der Waals surface area contributed by atoms with Crippen LogP contribution in [0.1, 0.15) is 18.5 Å². The highest BCUT2D eigenvalue weighted by Crippen LogP contribution is 2.40. The summed E-state index contributed by atoms with van der Waals surface area (Å²) >= 11 is 0. The molecule has 11 heteroatoms. The Morgan fingerprint density at radius 3 is 2.80 bits per heavy atom. The number of hydrogen-bond donors (Lipinski definition) is 3. The van der Waals surface area contributed by atoms with E-state index in [1.54, 1.807) is 19.1 Å². The van der Waals surface area contributed by atoms with Crippen LogP contribution in [-0.4, -0.2) is 31.1 Å². The van der Waals surface area contributed by atoms with Gasteiger partial charge in [0, 0.05) is 5.39 Å². The van der Waals surface area contributed by atoms with Crippen LogP contribution in [-0.2, 0) is 4.57 Å². The highest BCUT2D eigenvalue weighted by Gasteiger charge is 2.25. The number of pyridine rings is 1. The number of rotatable bonds is 3. The van der Waals surface area contributed by atoms with E-state index < -0.39 is 30.4 Å². The van der Waals surface area contributed by atoms with E-state index in [1.165, 1.54) is 16.8 Å². The van der Waals surface area contributed by atoms with Crippen molar-refractivity contribution in [3.63, 3.8) is 0 Å². The summed E-state index contributed by atoms with van der Waals surface area (Å²) in [6.45, 7) is 1.77. The molecule has 4 aromatic rings. The lowest BCUT2D eigenvalue weighted by atomic mass is 10.1. The van der Waals surface area contributed by atoms with Crippen molar-refractivity contribution in [3.8, 4) is 11.5 Å². The predicted octanol–water partition coefficient (Wildman–Crippen LogP) is 2.16. The number of benzene rings is 2. The average Bonchev–Trinajstić information content (AvgIpc) is 3.29. The van der Waals surface area contributed by atoms with Crippen LogP contribution in [0.2, 0.25) is 0 Å². The second-order valence-electron chi connectivity index (χ2n) is 6.95. The van der Waals surface area contributed by atoms with Gasteiger partial charge in [0.25, 0.3) is 0 Å². The molecule has 1 atom stereocenters. The molecule has 1 unspecified atom stereocenters. The molecule has 3 N–H and O–H groups in total. The molecule has 0 spiro atoms. The highest BCUT2D eigenvalue weighted by molar-refractivity contribution is 7.60. The summed E-state index contributed by atoms with van der Waals surface area (Å²) in [5.41, 5.74) is 1.52. The number of hydrogen-bond acceptors (Lipinski definition) is 5. The maximum absolute atomic E-state index is 14.3. The summed E-state index contributed by atoms with van der Waals surface area (Å²) in [5.74, 6) is 0.0108. The zero-order chi connectivity index (χ0) is 21.2. The molecule has 9 nitrogen and oxygen atoms in total. The van der Waals surface area contributed by atoms with Gasteiger partial charge in [0.05, 0.1) is 28.6 Å². The van der Waals surface area contributed by atoms with E-state index >= 15 is 0 Å². The van der Waals surface area contributed by atoms with Crippen molar-refractivity contribution in [2.45, 2.75) is 13.0 Å². The molecule has 154 valence electrons. The monoisotopic (exact) mass is 431 g/mol. The molecule has 2 aromatic heterocycles. The van der Waals surface area contributed by atoms with Crippen LogP contribution in [0, 0.1) is 5.82 Å². The minimum absolute atomic E-state index is 0.0791. The van der Waals surface area contributed by atoms with E-state index in [-0.39, 0.29) is 6.79 Å². The summed E-state index contributed by atoms with van der Waals surface area (Å²) in [6, 6.07) is 6.33. The molecule has 5 rings (SSSR count). The second-order valence-corrected chi connectivity index (χ2v) is 8.52. The van der Waals surface area contributed by atoms with E-state index in [0.717, 1.165) is 12.1 Å². The number of aromatic amines is 1. The van der Waals surface area contributed by atoms with Crippen LogP contribution in [0.3, 0.4) is 0 Å². The summed E-state index contributed by atoms with van der Waals surface area (Å²) < 4.78 is 38.1. The molecule has 3 heterocycles. The SMILES string of the molecule is CC(c1ccc(P(=O)(O)O)c(F)c1)n1c(=O)[nH]c2cnc3c4c(ccc3c21)OCO4. The number of H-pyrrole nitrogens is 1. The largest absolute Gasteiger partial charge is 0.454 e. The van der Waals surface area contributed by atoms with Gasteiger partial charge in [-0.3, -0.25) is 9.13 Å². The molecule has 0 radical (unpaired) electrons. The number of ether oxygens (including phenoxy) is 2. The van der Waals surface area contributed by atoms with Gasteiger partial charge in [-0.15, -0.1) is 0 Å². The minimum atomic E-state index is -4.74. The summed E-state index contributed by atoms with van der Waals surface area (Å²) in [4.78, 5) is 38.4. The number of aromatic nitrogens is 3. The van der Waals surface area contributed by atoms with Crippen molar-refractivity contribution in [2.75, 3.05) is 6.79 Å². The Morgan fingerprint density at radius 1 is 1.27 bits per heavy atom. The van der Waals surface area contributed by atoms with Crippen molar-refractivity contribution in [1.82, 2.24) is 14.5 Å². The summed E-state index contributed by atoms with van der Waals surface area (Å²) in [6.07, 6.45) is 1.52. The third-order valence-electron chi connectivity index (χ3n) is 5.20. The van der Waals surface area contributed by atoms with Gasteiger partial charge < -0.3 is 24.2 Å². The topological polar surface area (TPSA) is 127 Å². The molecular weight excluding hydrogens is 416 g/mol. The van der Waals surface area contributed by atoms with E-state index in [4.69, 9.17) is 9.47 Å². The number of fused-ring (bicyclic) bond motifs is 5. The first-order valence-corrected chi connectivity index (χ1v) is 10.5. The molecule has 1 aliphatic heterocycles. The lowest BCUT2D eigenvalue weighted by Crippen LogP contribution is -2.22. The quantitative estimate of drug-likeness (QED) is 0.424. The average molecular weight is 431 g/mol. The van der Waals surface area contributed by atoms with E-state index in [1.807, 2.05) is 0 Å². The predicted molar refractivity (Wildman–Crippen MR) is 106 cm³/mol. The fraction of sp³-hybridized carbons (Fsp3) is 0.158. The van der Waals surface area contributed by atoms with Gasteiger partial charge >= 0.3 is 13.3 Å². The van der Waals surface area contributed by atoms with Crippen molar-refractivity contribution in [3.05, 3.63) is 58.4 Å². The van der Waals surface area contributed by atoms with Gasteiger partial charge in [-0.25, -0.2) is 14.2 Å². The minimum Gasteiger partial charge on any atom is -0.454 e. The molecule has 0 aliphatic carbocycles. The van der Waals surface area contributed by atoms with Crippen LogP contribution < -0.4 is 20.5 Å². The van der Waals surface area contributed by atoms with Crippen molar-refractivity contribution >= 4 is 34.8 Å².